The van der Waals surface area contributed by atoms with Crippen molar-refractivity contribution in [2.45, 2.75) is 32.7 Å². The van der Waals surface area contributed by atoms with Gasteiger partial charge in [0.05, 0.1) is 12.2 Å². The molecule has 2 amide bonds. The Morgan fingerprint density at radius 2 is 2.18 bits per heavy atom. The number of nitrogens with one attached hydrogen (secondary N) is 2. The molecule has 0 spiro atoms. The summed E-state index contributed by atoms with van der Waals surface area (Å²) < 4.78 is 0. The summed E-state index contributed by atoms with van der Waals surface area (Å²) in [4.78, 5) is 35.8. The first kappa shape index (κ1) is 17.7. The van der Waals surface area contributed by atoms with Gasteiger partial charge < -0.3 is 15.2 Å². The van der Waals surface area contributed by atoms with Crippen molar-refractivity contribution in [2.75, 3.05) is 11.9 Å². The average molecular weight is 415 g/mol. The van der Waals surface area contributed by atoms with Gasteiger partial charge in [-0.25, -0.2) is 4.98 Å². The molecule has 3 heterocycles. The molecule has 1 aliphatic carbocycles. The summed E-state index contributed by atoms with van der Waals surface area (Å²) in [6, 6.07) is 7.39. The molecule has 1 aliphatic heterocycles. The maximum absolute atomic E-state index is 13.0. The maximum Gasteiger partial charge on any atom is 0.270 e. The number of hydrogen-bond acceptors (Lipinski definition) is 4. The van der Waals surface area contributed by atoms with Crippen molar-refractivity contribution in [2.24, 2.45) is 5.41 Å². The van der Waals surface area contributed by atoms with Gasteiger partial charge in [-0.3, -0.25) is 9.59 Å². The van der Waals surface area contributed by atoms with E-state index >= 15 is 0 Å². The molecule has 0 saturated heterocycles. The zero-order chi connectivity index (χ0) is 19.5. The third-order valence-electron chi connectivity index (χ3n) is 5.63. The molecule has 1 aromatic carbocycles. The molecule has 0 unspecified atom stereocenters. The second-order valence-electron chi connectivity index (χ2n) is 7.76. The van der Waals surface area contributed by atoms with Crippen LogP contribution in [0.25, 0.3) is 10.9 Å². The Kier molecular flexibility index (Phi) is 4.00. The normalized spacial score (nSPS) is 17.4. The Hall–Kier alpha value is -2.38. The highest BCUT2D eigenvalue weighted by atomic mass is 35.5. The van der Waals surface area contributed by atoms with Crippen molar-refractivity contribution in [1.82, 2.24) is 14.9 Å². The molecule has 6 nitrogen and oxygen atoms in total. The lowest BCUT2D eigenvalue weighted by atomic mass is 10.1. The Morgan fingerprint density at radius 1 is 1.36 bits per heavy atom. The second-order valence-corrected chi connectivity index (χ2v) is 9.26. The average Bonchev–Trinajstić information content (AvgIpc) is 3.12. The van der Waals surface area contributed by atoms with Crippen LogP contribution in [0, 0.1) is 5.41 Å². The summed E-state index contributed by atoms with van der Waals surface area (Å²) in [5.41, 5.74) is 2.13. The van der Waals surface area contributed by atoms with Crippen LogP contribution in [0.2, 0.25) is 5.02 Å². The third kappa shape index (κ3) is 2.99. The van der Waals surface area contributed by atoms with Crippen LogP contribution in [0.5, 0.6) is 0 Å². The summed E-state index contributed by atoms with van der Waals surface area (Å²) in [7, 11) is 0. The van der Waals surface area contributed by atoms with E-state index in [-0.39, 0.29) is 17.2 Å². The SMILES string of the molecule is CC1(C(=O)Nc2nc3c(s2)CN(C(=O)c2cc4c(Cl)cccc4[nH]2)CC3)CC1. The number of H-pyrrole nitrogens is 1. The molecule has 1 saturated carbocycles. The van der Waals surface area contributed by atoms with Gasteiger partial charge in [-0.2, -0.15) is 0 Å². The summed E-state index contributed by atoms with van der Waals surface area (Å²) in [5.74, 6) is -0.0103. The Balaban J connectivity index is 1.34. The predicted molar refractivity (Wildman–Crippen MR) is 110 cm³/mol. The number of rotatable bonds is 3. The van der Waals surface area contributed by atoms with E-state index in [1.54, 1.807) is 0 Å². The van der Waals surface area contributed by atoms with Crippen molar-refractivity contribution < 1.29 is 9.59 Å². The first-order valence-corrected chi connectivity index (χ1v) is 10.5. The second kappa shape index (κ2) is 6.32. The van der Waals surface area contributed by atoms with Gasteiger partial charge in [0.2, 0.25) is 5.91 Å². The molecule has 144 valence electrons. The number of hydrogen-bond donors (Lipinski definition) is 2. The Morgan fingerprint density at radius 3 is 2.93 bits per heavy atom. The van der Waals surface area contributed by atoms with Gasteiger partial charge in [0, 0.05) is 39.2 Å². The first-order chi connectivity index (χ1) is 13.4. The van der Waals surface area contributed by atoms with Gasteiger partial charge in [0.1, 0.15) is 5.69 Å². The van der Waals surface area contributed by atoms with Crippen molar-refractivity contribution in [3.63, 3.8) is 0 Å². The summed E-state index contributed by atoms with van der Waals surface area (Å²) >= 11 is 7.69. The minimum Gasteiger partial charge on any atom is -0.350 e. The van der Waals surface area contributed by atoms with E-state index < -0.39 is 0 Å². The number of thiazole rings is 1. The topological polar surface area (TPSA) is 78.1 Å². The molecule has 2 aliphatic rings. The number of carbonyl (C=O) groups excluding carboxylic acids is 2. The number of nitrogens with zero attached hydrogens (tertiary/aromatic N) is 2. The summed E-state index contributed by atoms with van der Waals surface area (Å²) in [6.45, 7) is 3.08. The lowest BCUT2D eigenvalue weighted by Gasteiger charge is -2.25. The van der Waals surface area contributed by atoms with Crippen LogP contribution in [0.1, 0.15) is 40.8 Å². The van der Waals surface area contributed by atoms with Crippen LogP contribution >= 0.6 is 22.9 Å². The highest BCUT2D eigenvalue weighted by molar-refractivity contribution is 7.15. The van der Waals surface area contributed by atoms with Gasteiger partial charge in [-0.1, -0.05) is 35.9 Å². The highest BCUT2D eigenvalue weighted by Crippen LogP contribution is 2.46. The van der Waals surface area contributed by atoms with E-state index in [2.05, 4.69) is 15.3 Å². The van der Waals surface area contributed by atoms with Crippen LogP contribution in [-0.4, -0.2) is 33.2 Å². The fraction of sp³-hybridized carbons (Fsp3) is 0.350. The van der Waals surface area contributed by atoms with Gasteiger partial charge in [0.15, 0.2) is 5.13 Å². The zero-order valence-corrected chi connectivity index (χ0v) is 16.9. The molecule has 8 heteroatoms. The first-order valence-electron chi connectivity index (χ1n) is 9.29. The molecule has 0 radical (unpaired) electrons. The fourth-order valence-corrected chi connectivity index (χ4v) is 4.74. The van der Waals surface area contributed by atoms with Crippen LogP contribution in [0.3, 0.4) is 0 Å². The quantitative estimate of drug-likeness (QED) is 0.673. The van der Waals surface area contributed by atoms with E-state index in [9.17, 15) is 9.59 Å². The molecule has 2 aromatic heterocycles. The monoisotopic (exact) mass is 414 g/mol. The van der Waals surface area contributed by atoms with Gasteiger partial charge in [0.25, 0.3) is 5.91 Å². The van der Waals surface area contributed by atoms with Gasteiger partial charge >= 0.3 is 0 Å². The highest BCUT2D eigenvalue weighted by Gasteiger charge is 2.45. The van der Waals surface area contributed by atoms with E-state index in [0.717, 1.165) is 34.3 Å². The molecule has 5 rings (SSSR count). The lowest BCUT2D eigenvalue weighted by molar-refractivity contribution is -0.120. The minimum atomic E-state index is -0.231. The summed E-state index contributed by atoms with van der Waals surface area (Å²) in [6.07, 6.45) is 2.55. The number of fused-ring (bicyclic) bond motifs is 2. The Bertz CT molecular complexity index is 1110. The van der Waals surface area contributed by atoms with Crippen LogP contribution in [-0.2, 0) is 17.8 Å². The molecule has 0 bridgehead atoms. The van der Waals surface area contributed by atoms with Gasteiger partial charge in [-0.15, -0.1) is 0 Å². The number of halogens is 1. The predicted octanol–water partition coefficient (Wildman–Crippen LogP) is 4.21. The van der Waals surface area contributed by atoms with E-state index in [1.165, 1.54) is 11.3 Å². The number of aromatic amines is 1. The van der Waals surface area contributed by atoms with E-state index in [4.69, 9.17) is 11.6 Å². The maximum atomic E-state index is 13.0. The smallest absolute Gasteiger partial charge is 0.270 e. The number of carbonyl (C=O) groups is 2. The Labute approximate surface area is 170 Å². The largest absolute Gasteiger partial charge is 0.350 e. The van der Waals surface area contributed by atoms with Crippen LogP contribution in [0.4, 0.5) is 5.13 Å². The number of benzene rings is 1. The van der Waals surface area contributed by atoms with Crippen molar-refractivity contribution in [3.05, 3.63) is 45.6 Å². The standard InChI is InChI=1S/C20H19ClN4O2S/c1-20(6-7-20)18(27)24-19-23-14-5-8-25(10-16(14)28-19)17(26)15-9-11-12(21)3-2-4-13(11)22-15/h2-4,9,22H,5-8,10H2,1H3,(H,23,24,27). The molecular weight excluding hydrogens is 396 g/mol. The molecule has 2 N–H and O–H groups in total. The van der Waals surface area contributed by atoms with E-state index in [1.807, 2.05) is 36.1 Å². The third-order valence-corrected chi connectivity index (χ3v) is 6.96. The van der Waals surface area contributed by atoms with Gasteiger partial charge in [-0.05, 0) is 31.0 Å². The number of aromatic nitrogens is 2. The van der Waals surface area contributed by atoms with Crippen LogP contribution in [0.15, 0.2) is 24.3 Å². The summed E-state index contributed by atoms with van der Waals surface area (Å²) in [5, 5.41) is 5.05. The van der Waals surface area contributed by atoms with Crippen molar-refractivity contribution in [3.8, 4) is 0 Å². The molecule has 3 aromatic rings. The molecular formula is C20H19ClN4O2S. The zero-order valence-electron chi connectivity index (χ0n) is 15.3. The van der Waals surface area contributed by atoms with E-state index in [0.29, 0.717) is 35.4 Å². The lowest BCUT2D eigenvalue weighted by Crippen LogP contribution is -2.35. The molecule has 1 fully saturated rings. The number of anilines is 1. The number of amides is 2. The van der Waals surface area contributed by atoms with Crippen molar-refractivity contribution in [1.29, 1.82) is 0 Å². The minimum absolute atomic E-state index is 0.0430. The fourth-order valence-electron chi connectivity index (χ4n) is 3.49. The van der Waals surface area contributed by atoms with Crippen molar-refractivity contribution >= 4 is 50.8 Å². The molecule has 28 heavy (non-hydrogen) atoms. The molecule has 0 atom stereocenters. The van der Waals surface area contributed by atoms with Crippen LogP contribution < -0.4 is 5.32 Å².